The molecule has 0 amide bonds. The van der Waals surface area contributed by atoms with Gasteiger partial charge < -0.3 is 10.4 Å². The van der Waals surface area contributed by atoms with Crippen LogP contribution in [-0.2, 0) is 0 Å². The maximum Gasteiger partial charge on any atom is 0.336 e. The van der Waals surface area contributed by atoms with E-state index >= 15 is 0 Å². The minimum absolute atomic E-state index is 0.0424. The number of fused-ring (bicyclic) bond motifs is 3. The molecule has 2 aromatic rings. The van der Waals surface area contributed by atoms with Gasteiger partial charge in [0.25, 0.3) is 0 Å². The number of rotatable bonds is 2. The lowest BCUT2D eigenvalue weighted by molar-refractivity contribution is 0.0695. The maximum absolute atomic E-state index is 13.3. The summed E-state index contributed by atoms with van der Waals surface area (Å²) in [6.45, 7) is 1.98. The predicted molar refractivity (Wildman–Crippen MR) is 90.9 cm³/mol. The van der Waals surface area contributed by atoms with Gasteiger partial charge in [-0.3, -0.25) is 0 Å². The molecule has 3 nitrogen and oxygen atoms in total. The van der Waals surface area contributed by atoms with E-state index in [0.29, 0.717) is 5.56 Å². The SMILES string of the molecule is Cc1ccc(C(=O)O)c2c1N[C@H](c1ccc(F)cc1)[C@H]1CC=C[C@@H]21. The molecule has 2 aromatic carbocycles. The van der Waals surface area contributed by atoms with Crippen molar-refractivity contribution in [2.45, 2.75) is 25.3 Å². The number of carboxylic acids is 1. The summed E-state index contributed by atoms with van der Waals surface area (Å²) in [5.41, 5.74) is 4.19. The lowest BCUT2D eigenvalue weighted by Gasteiger charge is -2.39. The van der Waals surface area contributed by atoms with Crippen LogP contribution >= 0.6 is 0 Å². The molecule has 0 bridgehead atoms. The number of hydrogen-bond donors (Lipinski definition) is 2. The van der Waals surface area contributed by atoms with Crippen molar-refractivity contribution in [1.82, 2.24) is 0 Å². The van der Waals surface area contributed by atoms with Gasteiger partial charge >= 0.3 is 5.97 Å². The first-order valence-corrected chi connectivity index (χ1v) is 8.11. The van der Waals surface area contributed by atoms with Crippen LogP contribution in [0.2, 0.25) is 0 Å². The van der Waals surface area contributed by atoms with Crippen molar-refractivity contribution >= 4 is 11.7 Å². The Labute approximate surface area is 139 Å². The van der Waals surface area contributed by atoms with Crippen LogP contribution in [0.3, 0.4) is 0 Å². The molecule has 122 valence electrons. The number of anilines is 1. The first-order chi connectivity index (χ1) is 11.6. The first-order valence-electron chi connectivity index (χ1n) is 8.11. The Morgan fingerprint density at radius 3 is 2.67 bits per heavy atom. The summed E-state index contributed by atoms with van der Waals surface area (Å²) < 4.78 is 13.3. The van der Waals surface area contributed by atoms with Crippen LogP contribution in [0.25, 0.3) is 0 Å². The van der Waals surface area contributed by atoms with Gasteiger partial charge in [-0.25, -0.2) is 9.18 Å². The molecule has 0 radical (unpaired) electrons. The fraction of sp³-hybridized carbons (Fsp3) is 0.250. The zero-order valence-electron chi connectivity index (χ0n) is 13.3. The van der Waals surface area contributed by atoms with E-state index in [2.05, 4.69) is 17.5 Å². The highest BCUT2D eigenvalue weighted by Gasteiger charge is 2.40. The minimum atomic E-state index is -0.896. The normalized spacial score (nSPS) is 24.2. The Hall–Kier alpha value is -2.62. The smallest absolute Gasteiger partial charge is 0.336 e. The number of nitrogens with one attached hydrogen (secondary N) is 1. The van der Waals surface area contributed by atoms with Gasteiger partial charge in [0, 0.05) is 11.6 Å². The lowest BCUT2D eigenvalue weighted by Crippen LogP contribution is -2.31. The van der Waals surface area contributed by atoms with Crippen molar-refractivity contribution < 1.29 is 14.3 Å². The number of hydrogen-bond acceptors (Lipinski definition) is 2. The second-order valence-corrected chi connectivity index (χ2v) is 6.55. The van der Waals surface area contributed by atoms with Crippen LogP contribution in [-0.4, -0.2) is 11.1 Å². The number of carbonyl (C=O) groups is 1. The Morgan fingerprint density at radius 1 is 1.21 bits per heavy atom. The number of aromatic carboxylic acids is 1. The molecule has 4 rings (SSSR count). The number of carboxylic acid groups (broad SMARTS) is 1. The molecule has 1 aliphatic carbocycles. The average Bonchev–Trinajstić information content (AvgIpc) is 3.05. The third kappa shape index (κ3) is 2.21. The van der Waals surface area contributed by atoms with Crippen molar-refractivity contribution in [2.24, 2.45) is 5.92 Å². The Balaban J connectivity index is 1.86. The van der Waals surface area contributed by atoms with E-state index in [1.165, 1.54) is 12.1 Å². The molecular formula is C20H18FNO2. The van der Waals surface area contributed by atoms with E-state index in [-0.39, 0.29) is 23.7 Å². The molecule has 3 atom stereocenters. The Morgan fingerprint density at radius 2 is 1.96 bits per heavy atom. The Bertz CT molecular complexity index is 841. The third-order valence-corrected chi connectivity index (χ3v) is 5.19. The predicted octanol–water partition coefficient (Wildman–Crippen LogP) is 4.66. The fourth-order valence-electron chi connectivity index (χ4n) is 4.04. The topological polar surface area (TPSA) is 49.3 Å². The van der Waals surface area contributed by atoms with E-state index in [0.717, 1.165) is 28.8 Å². The van der Waals surface area contributed by atoms with Crippen molar-refractivity contribution in [3.05, 3.63) is 76.6 Å². The van der Waals surface area contributed by atoms with Crippen molar-refractivity contribution in [1.29, 1.82) is 0 Å². The van der Waals surface area contributed by atoms with Crippen LogP contribution in [0.1, 0.15) is 45.4 Å². The Kier molecular flexibility index (Phi) is 3.41. The second-order valence-electron chi connectivity index (χ2n) is 6.55. The maximum atomic E-state index is 13.3. The van der Waals surface area contributed by atoms with Gasteiger partial charge in [0.1, 0.15) is 5.82 Å². The molecule has 0 spiro atoms. The van der Waals surface area contributed by atoms with Crippen molar-refractivity contribution in [3.63, 3.8) is 0 Å². The standard InChI is InChI=1S/C20H18FNO2/c1-11-5-10-16(20(23)24)17-14-3-2-4-15(14)19(22-18(11)17)12-6-8-13(21)9-7-12/h2-3,5-10,14-15,19,22H,4H2,1H3,(H,23,24)/t14-,15+,19-/m1/s1. The highest BCUT2D eigenvalue weighted by Crippen LogP contribution is 2.51. The van der Waals surface area contributed by atoms with E-state index < -0.39 is 5.97 Å². The molecule has 0 aromatic heterocycles. The molecule has 0 saturated carbocycles. The van der Waals surface area contributed by atoms with Gasteiger partial charge in [0.05, 0.1) is 11.6 Å². The monoisotopic (exact) mass is 323 g/mol. The summed E-state index contributed by atoms with van der Waals surface area (Å²) in [7, 11) is 0. The molecule has 1 aliphatic heterocycles. The highest BCUT2D eigenvalue weighted by atomic mass is 19.1. The minimum Gasteiger partial charge on any atom is -0.478 e. The van der Waals surface area contributed by atoms with Gasteiger partial charge in [0.15, 0.2) is 0 Å². The van der Waals surface area contributed by atoms with Gasteiger partial charge in [-0.15, -0.1) is 0 Å². The molecule has 24 heavy (non-hydrogen) atoms. The molecule has 0 saturated heterocycles. The number of benzene rings is 2. The summed E-state index contributed by atoms with van der Waals surface area (Å²) in [5.74, 6) is -0.835. The van der Waals surface area contributed by atoms with E-state index in [4.69, 9.17) is 0 Å². The zero-order valence-corrected chi connectivity index (χ0v) is 13.3. The number of allylic oxidation sites excluding steroid dienone is 2. The van der Waals surface area contributed by atoms with E-state index in [1.54, 1.807) is 6.07 Å². The van der Waals surface area contributed by atoms with Crippen LogP contribution in [0.5, 0.6) is 0 Å². The van der Waals surface area contributed by atoms with E-state index in [1.807, 2.05) is 25.1 Å². The molecule has 0 unspecified atom stereocenters. The van der Waals surface area contributed by atoms with Crippen LogP contribution in [0.15, 0.2) is 48.6 Å². The molecule has 2 aliphatic rings. The van der Waals surface area contributed by atoms with E-state index in [9.17, 15) is 14.3 Å². The number of aryl methyl sites for hydroxylation is 1. The summed E-state index contributed by atoms with van der Waals surface area (Å²) in [6.07, 6.45) is 5.12. The molecule has 2 N–H and O–H groups in total. The van der Waals surface area contributed by atoms with Crippen molar-refractivity contribution in [2.75, 3.05) is 5.32 Å². The molecule has 1 heterocycles. The molecule has 0 fully saturated rings. The van der Waals surface area contributed by atoms with Gasteiger partial charge in [-0.05, 0) is 54.2 Å². The summed E-state index contributed by atoms with van der Waals surface area (Å²) in [5, 5.41) is 13.1. The average molecular weight is 323 g/mol. The highest BCUT2D eigenvalue weighted by molar-refractivity contribution is 5.93. The second kappa shape index (κ2) is 5.48. The fourth-order valence-corrected chi connectivity index (χ4v) is 4.04. The summed E-state index contributed by atoms with van der Waals surface area (Å²) in [4.78, 5) is 11.7. The van der Waals surface area contributed by atoms with Crippen LogP contribution < -0.4 is 5.32 Å². The largest absolute Gasteiger partial charge is 0.478 e. The zero-order chi connectivity index (χ0) is 16.8. The lowest BCUT2D eigenvalue weighted by atomic mass is 9.75. The van der Waals surface area contributed by atoms with Crippen LogP contribution in [0, 0.1) is 18.7 Å². The van der Waals surface area contributed by atoms with Gasteiger partial charge in [0.2, 0.25) is 0 Å². The summed E-state index contributed by atoms with van der Waals surface area (Å²) >= 11 is 0. The number of halogens is 1. The molecule has 4 heteroatoms. The van der Waals surface area contributed by atoms with Gasteiger partial charge in [-0.1, -0.05) is 30.4 Å². The summed E-state index contributed by atoms with van der Waals surface area (Å²) in [6, 6.07) is 10.2. The third-order valence-electron chi connectivity index (χ3n) is 5.19. The van der Waals surface area contributed by atoms with Gasteiger partial charge in [-0.2, -0.15) is 0 Å². The first kappa shape index (κ1) is 14.9. The van der Waals surface area contributed by atoms with Crippen LogP contribution in [0.4, 0.5) is 10.1 Å². The van der Waals surface area contributed by atoms with Crippen molar-refractivity contribution in [3.8, 4) is 0 Å². The quantitative estimate of drug-likeness (QED) is 0.790. The molecular weight excluding hydrogens is 305 g/mol.